The lowest BCUT2D eigenvalue weighted by molar-refractivity contribution is -0.384. The summed E-state index contributed by atoms with van der Waals surface area (Å²) < 4.78 is 0. The van der Waals surface area contributed by atoms with Crippen LogP contribution in [0.3, 0.4) is 0 Å². The van der Waals surface area contributed by atoms with Crippen molar-refractivity contribution < 1.29 is 4.92 Å². The van der Waals surface area contributed by atoms with Crippen LogP contribution in [0.15, 0.2) is 48.5 Å². The number of aromatic nitrogens is 2. The number of nitro groups is 1. The molecule has 0 amide bonds. The van der Waals surface area contributed by atoms with E-state index in [0.29, 0.717) is 22.9 Å². The number of anilines is 1. The van der Waals surface area contributed by atoms with E-state index in [0.717, 1.165) is 5.56 Å². The fourth-order valence-electron chi connectivity index (χ4n) is 1.88. The third-order valence-corrected chi connectivity index (χ3v) is 2.92. The summed E-state index contributed by atoms with van der Waals surface area (Å²) in [4.78, 5) is 19.0. The molecule has 1 aromatic rings. The molecule has 0 aromatic heterocycles. The second kappa shape index (κ2) is 4.58. The predicted molar refractivity (Wildman–Crippen MR) is 75.2 cm³/mol. The highest BCUT2D eigenvalue weighted by Gasteiger charge is 2.12. The lowest BCUT2D eigenvalue weighted by Crippen LogP contribution is -1.85. The second-order valence-electron chi connectivity index (χ2n) is 4.29. The first-order valence-electron chi connectivity index (χ1n) is 5.91. The highest BCUT2D eigenvalue weighted by atomic mass is 16.6. The van der Waals surface area contributed by atoms with Gasteiger partial charge >= 0.3 is 0 Å². The molecule has 0 saturated heterocycles. The zero-order chi connectivity index (χ0) is 14.1. The predicted octanol–water partition coefficient (Wildman–Crippen LogP) is 2.74. The third kappa shape index (κ3) is 2.14. The van der Waals surface area contributed by atoms with E-state index < -0.39 is 4.92 Å². The molecule has 98 valence electrons. The molecule has 1 aliphatic carbocycles. The summed E-state index contributed by atoms with van der Waals surface area (Å²) >= 11 is 0. The van der Waals surface area contributed by atoms with Crippen LogP contribution in [0.5, 0.6) is 0 Å². The molecule has 0 saturated carbocycles. The van der Waals surface area contributed by atoms with E-state index in [1.165, 1.54) is 12.1 Å². The van der Waals surface area contributed by atoms with Crippen molar-refractivity contribution in [3.8, 4) is 22.8 Å². The molecule has 1 aromatic carbocycles. The Morgan fingerprint density at radius 1 is 0.900 bits per heavy atom. The molecule has 6 heteroatoms. The van der Waals surface area contributed by atoms with E-state index in [1.54, 1.807) is 24.3 Å². The minimum absolute atomic E-state index is 0.0128. The molecule has 0 bridgehead atoms. The average molecular weight is 266 g/mol. The molecule has 3 rings (SSSR count). The Bertz CT molecular complexity index is 722. The molecule has 0 unspecified atom stereocenters. The van der Waals surface area contributed by atoms with Gasteiger partial charge in [-0.05, 0) is 36.4 Å². The summed E-state index contributed by atoms with van der Waals surface area (Å²) in [5, 5.41) is 10.7. The lowest BCUT2D eigenvalue weighted by Gasteiger charge is -1.95. The molecule has 0 radical (unpaired) electrons. The number of imidazole rings is 1. The van der Waals surface area contributed by atoms with Crippen molar-refractivity contribution in [1.29, 1.82) is 0 Å². The average Bonchev–Trinajstić information content (AvgIpc) is 2.72. The van der Waals surface area contributed by atoms with E-state index in [1.807, 2.05) is 12.1 Å². The van der Waals surface area contributed by atoms with Crippen LogP contribution in [0, 0.1) is 10.1 Å². The summed E-state index contributed by atoms with van der Waals surface area (Å²) in [5.74, 6) is 0.578. The SMILES string of the molecule is Nc1ccc(-c2nc3ccc([N+](=O)[O-])ccc-3n2)cc1. The number of nitrogens with zero attached hydrogens (tertiary/aromatic N) is 3. The summed E-state index contributed by atoms with van der Waals surface area (Å²) in [6, 6.07) is 13.3. The van der Waals surface area contributed by atoms with Gasteiger partial charge in [0.15, 0.2) is 5.82 Å². The number of benzene rings is 1. The van der Waals surface area contributed by atoms with Crippen molar-refractivity contribution in [3.63, 3.8) is 0 Å². The summed E-state index contributed by atoms with van der Waals surface area (Å²) in [6.45, 7) is 0. The second-order valence-corrected chi connectivity index (χ2v) is 4.29. The fourth-order valence-corrected chi connectivity index (χ4v) is 1.88. The highest BCUT2D eigenvalue weighted by molar-refractivity contribution is 5.67. The first-order valence-corrected chi connectivity index (χ1v) is 5.91. The number of fused-ring (bicyclic) bond motifs is 1. The molecule has 1 aliphatic heterocycles. The van der Waals surface area contributed by atoms with Crippen LogP contribution in [0.25, 0.3) is 22.8 Å². The summed E-state index contributed by atoms with van der Waals surface area (Å²) in [7, 11) is 0. The Labute approximate surface area is 114 Å². The molecule has 1 heterocycles. The Morgan fingerprint density at radius 3 is 1.95 bits per heavy atom. The quantitative estimate of drug-likeness (QED) is 0.437. The van der Waals surface area contributed by atoms with E-state index in [-0.39, 0.29) is 5.69 Å². The van der Waals surface area contributed by atoms with Gasteiger partial charge in [0.05, 0.1) is 16.3 Å². The number of nitrogen functional groups attached to an aromatic ring is 1. The van der Waals surface area contributed by atoms with Gasteiger partial charge in [-0.15, -0.1) is 0 Å². The molecule has 0 spiro atoms. The summed E-state index contributed by atoms with van der Waals surface area (Å²) in [5.41, 5.74) is 8.41. The van der Waals surface area contributed by atoms with E-state index in [4.69, 9.17) is 5.73 Å². The maximum Gasteiger partial charge on any atom is 0.269 e. The van der Waals surface area contributed by atoms with E-state index in [2.05, 4.69) is 9.97 Å². The summed E-state index contributed by atoms with van der Waals surface area (Å²) in [6.07, 6.45) is 0. The van der Waals surface area contributed by atoms with Gasteiger partial charge in [-0.2, -0.15) is 0 Å². The van der Waals surface area contributed by atoms with Crippen molar-refractivity contribution in [3.05, 3.63) is 58.6 Å². The highest BCUT2D eigenvalue weighted by Crippen LogP contribution is 2.26. The van der Waals surface area contributed by atoms with Crippen molar-refractivity contribution in [2.75, 3.05) is 5.73 Å². The van der Waals surface area contributed by atoms with Gasteiger partial charge in [0.2, 0.25) is 0 Å². The van der Waals surface area contributed by atoms with Crippen LogP contribution in [-0.4, -0.2) is 14.9 Å². The van der Waals surface area contributed by atoms with Crippen LogP contribution in [0.1, 0.15) is 0 Å². The topological polar surface area (TPSA) is 94.9 Å². The van der Waals surface area contributed by atoms with Gasteiger partial charge < -0.3 is 5.73 Å². The standard InChI is InChI=1S/C14H10N4O2/c15-10-3-1-9(2-4-10)14-16-12-7-5-11(18(19)20)6-8-13(12)17-14/h1-8H,15H2. The molecular formula is C14H10N4O2. The molecule has 6 nitrogen and oxygen atoms in total. The first kappa shape index (κ1) is 12.0. The van der Waals surface area contributed by atoms with Crippen LogP contribution in [0.2, 0.25) is 0 Å². The molecule has 0 atom stereocenters. The van der Waals surface area contributed by atoms with Crippen molar-refractivity contribution in [2.24, 2.45) is 0 Å². The maximum absolute atomic E-state index is 10.7. The van der Waals surface area contributed by atoms with E-state index in [9.17, 15) is 10.1 Å². The van der Waals surface area contributed by atoms with Gasteiger partial charge in [-0.1, -0.05) is 0 Å². The van der Waals surface area contributed by atoms with Crippen molar-refractivity contribution >= 4 is 11.4 Å². The monoisotopic (exact) mass is 266 g/mol. The Kier molecular flexibility index (Phi) is 2.76. The zero-order valence-electron chi connectivity index (χ0n) is 10.4. The van der Waals surface area contributed by atoms with Crippen LogP contribution in [-0.2, 0) is 0 Å². The minimum atomic E-state index is -0.445. The van der Waals surface area contributed by atoms with Gasteiger partial charge in [-0.3, -0.25) is 10.1 Å². The third-order valence-electron chi connectivity index (χ3n) is 2.92. The van der Waals surface area contributed by atoms with Gasteiger partial charge in [0.25, 0.3) is 5.69 Å². The van der Waals surface area contributed by atoms with Crippen LogP contribution >= 0.6 is 0 Å². The molecular weight excluding hydrogens is 256 g/mol. The Hall–Kier alpha value is -3.02. The van der Waals surface area contributed by atoms with Gasteiger partial charge in [0, 0.05) is 23.4 Å². The smallest absolute Gasteiger partial charge is 0.269 e. The number of hydrogen-bond acceptors (Lipinski definition) is 5. The number of nitrogens with two attached hydrogens (primary N) is 1. The molecule has 2 aliphatic rings. The lowest BCUT2D eigenvalue weighted by atomic mass is 10.2. The molecule has 2 N–H and O–H groups in total. The van der Waals surface area contributed by atoms with E-state index >= 15 is 0 Å². The van der Waals surface area contributed by atoms with Crippen molar-refractivity contribution in [2.45, 2.75) is 0 Å². The minimum Gasteiger partial charge on any atom is -0.399 e. The largest absolute Gasteiger partial charge is 0.399 e. The van der Waals surface area contributed by atoms with Gasteiger partial charge in [-0.25, -0.2) is 9.97 Å². The van der Waals surface area contributed by atoms with Gasteiger partial charge in [0.1, 0.15) is 0 Å². The Morgan fingerprint density at radius 2 is 1.45 bits per heavy atom. The fraction of sp³-hybridized carbons (Fsp3) is 0. The first-order chi connectivity index (χ1) is 9.63. The molecule has 0 fully saturated rings. The maximum atomic E-state index is 10.7. The van der Waals surface area contributed by atoms with Crippen LogP contribution in [0.4, 0.5) is 11.4 Å². The zero-order valence-corrected chi connectivity index (χ0v) is 10.4. The number of rotatable bonds is 2. The van der Waals surface area contributed by atoms with Crippen LogP contribution < -0.4 is 5.73 Å². The van der Waals surface area contributed by atoms with Crippen molar-refractivity contribution in [1.82, 2.24) is 9.97 Å². The molecule has 20 heavy (non-hydrogen) atoms. The normalized spacial score (nSPS) is 10.6. The number of hydrogen-bond donors (Lipinski definition) is 1. The Balaban J connectivity index is 2.08.